The maximum absolute atomic E-state index is 14.1. The van der Waals surface area contributed by atoms with E-state index >= 15 is 0 Å². The van der Waals surface area contributed by atoms with Crippen LogP contribution in [0, 0.1) is 35.0 Å². The van der Waals surface area contributed by atoms with Crippen molar-refractivity contribution in [2.45, 2.75) is 96.5 Å². The van der Waals surface area contributed by atoms with Crippen LogP contribution >= 0.6 is 12.4 Å². The summed E-state index contributed by atoms with van der Waals surface area (Å²) in [7, 11) is 0. The highest BCUT2D eigenvalue weighted by Gasteiger charge is 2.63. The lowest BCUT2D eigenvalue weighted by atomic mass is 9.56. The molecule has 32 heavy (non-hydrogen) atoms. The van der Waals surface area contributed by atoms with Gasteiger partial charge in [-0.2, -0.15) is 0 Å². The number of carbonyl (C=O) groups excluding carboxylic acids is 1. The van der Waals surface area contributed by atoms with E-state index in [0.29, 0.717) is 35.5 Å². The number of carbonyl (C=O) groups is 1. The minimum Gasteiger partial charge on any atom is -0.393 e. The first-order valence-electron chi connectivity index (χ1n) is 12.8. The Balaban J connectivity index is 0.00000216. The standard InChI is InChI=1S/C27H39NO3.ClH/c1-14-11-21-24(28-13-14)16(3)27(31-21)10-8-19-20-6-5-17-12-18(29)7-9-26(17,4)23(20)25(30)22(19)15(27)2;/h5,14,16,18-21,23-24,28-29H,6-13H2,1-4H3;1H/t14-,16+,18-,19-,20-,21+,23+,24-,26-,27+;/m0./s1. The SMILES string of the molecule is CC1=C2C(=O)[C@H]3[C@@H](CC=C4C[C@@H](O)CC[C@@]43C)[C@@H]2CC[C@@]12O[C@@H]1C[C@H](C)CN[C@H]1[C@H]2C.Cl. The summed E-state index contributed by atoms with van der Waals surface area (Å²) in [4.78, 5) is 14.1. The largest absolute Gasteiger partial charge is 0.393 e. The fourth-order valence-electron chi connectivity index (χ4n) is 8.93. The van der Waals surface area contributed by atoms with Gasteiger partial charge in [-0.1, -0.05) is 32.4 Å². The molecule has 2 saturated carbocycles. The average molecular weight is 462 g/mol. The van der Waals surface area contributed by atoms with Crippen LogP contribution < -0.4 is 5.32 Å². The van der Waals surface area contributed by atoms with Crippen LogP contribution in [-0.4, -0.2) is 41.3 Å². The van der Waals surface area contributed by atoms with Crippen molar-refractivity contribution in [3.8, 4) is 0 Å². The minimum absolute atomic E-state index is 0. The molecule has 2 aliphatic heterocycles. The number of rotatable bonds is 0. The first-order valence-corrected chi connectivity index (χ1v) is 12.8. The van der Waals surface area contributed by atoms with E-state index in [1.807, 2.05) is 0 Å². The smallest absolute Gasteiger partial charge is 0.163 e. The average Bonchev–Trinajstić information content (AvgIpc) is 3.18. The van der Waals surface area contributed by atoms with Crippen LogP contribution in [0.15, 0.2) is 22.8 Å². The minimum atomic E-state index is -0.263. The van der Waals surface area contributed by atoms with Gasteiger partial charge in [0.2, 0.25) is 0 Å². The molecule has 2 saturated heterocycles. The Morgan fingerprint density at radius 2 is 2.00 bits per heavy atom. The molecule has 0 amide bonds. The Hall–Kier alpha value is -0.680. The van der Waals surface area contributed by atoms with Gasteiger partial charge < -0.3 is 15.2 Å². The highest BCUT2D eigenvalue weighted by atomic mass is 35.5. The van der Waals surface area contributed by atoms with Crippen molar-refractivity contribution in [3.63, 3.8) is 0 Å². The number of hydrogen-bond acceptors (Lipinski definition) is 4. The van der Waals surface area contributed by atoms with Crippen LogP contribution in [0.5, 0.6) is 0 Å². The van der Waals surface area contributed by atoms with Gasteiger partial charge in [-0.05, 0) is 87.2 Å². The van der Waals surface area contributed by atoms with Gasteiger partial charge in [-0.15, -0.1) is 12.4 Å². The Bertz CT molecular complexity index is 882. The number of hydrogen-bond donors (Lipinski definition) is 2. The molecule has 4 nitrogen and oxygen atoms in total. The number of piperidine rings is 1. The number of allylic oxidation sites excluding steroid dienone is 2. The Kier molecular flexibility index (Phi) is 5.53. The summed E-state index contributed by atoms with van der Waals surface area (Å²) in [6.45, 7) is 10.3. The van der Waals surface area contributed by atoms with Crippen molar-refractivity contribution in [2.75, 3.05) is 6.54 Å². The summed E-state index contributed by atoms with van der Waals surface area (Å²) >= 11 is 0. The topological polar surface area (TPSA) is 58.6 Å². The number of aliphatic hydroxyl groups is 1. The Morgan fingerprint density at radius 3 is 2.78 bits per heavy atom. The lowest BCUT2D eigenvalue weighted by Crippen LogP contribution is -2.49. The number of ketones is 1. The molecule has 0 aromatic rings. The number of halogens is 1. The van der Waals surface area contributed by atoms with E-state index in [-0.39, 0.29) is 41.5 Å². The highest BCUT2D eigenvalue weighted by Crippen LogP contribution is 2.63. The molecule has 6 aliphatic rings. The summed E-state index contributed by atoms with van der Waals surface area (Å²) in [6.07, 6.45) is 9.23. The zero-order chi connectivity index (χ0) is 21.7. The molecule has 0 bridgehead atoms. The summed E-state index contributed by atoms with van der Waals surface area (Å²) in [5.41, 5.74) is 3.43. The summed E-state index contributed by atoms with van der Waals surface area (Å²) in [5, 5.41) is 14.0. The molecule has 6 rings (SSSR count). The zero-order valence-corrected chi connectivity index (χ0v) is 20.8. The second kappa shape index (κ2) is 7.66. The summed E-state index contributed by atoms with van der Waals surface area (Å²) in [6, 6.07) is 0.410. The molecular formula is C27H40ClNO3. The number of fused-ring (bicyclic) bond motifs is 6. The fourth-order valence-corrected chi connectivity index (χ4v) is 8.93. The normalized spacial score (nSPS) is 52.0. The molecule has 4 aliphatic carbocycles. The third kappa shape index (κ3) is 2.88. The molecule has 0 unspecified atom stereocenters. The third-order valence-corrected chi connectivity index (χ3v) is 10.6. The number of Topliss-reactive ketones (excluding diaryl/α,β-unsaturated/α-hetero) is 1. The van der Waals surface area contributed by atoms with E-state index in [2.05, 4.69) is 39.1 Å². The number of aliphatic hydroxyl groups excluding tert-OH is 1. The molecule has 4 fully saturated rings. The third-order valence-electron chi connectivity index (χ3n) is 10.6. The van der Waals surface area contributed by atoms with Crippen LogP contribution in [0.1, 0.15) is 72.6 Å². The maximum atomic E-state index is 14.1. The van der Waals surface area contributed by atoms with Gasteiger partial charge >= 0.3 is 0 Å². The number of nitrogens with one attached hydrogen (secondary N) is 1. The van der Waals surface area contributed by atoms with Crippen molar-refractivity contribution in [1.82, 2.24) is 5.32 Å². The fraction of sp³-hybridized carbons (Fsp3) is 0.815. The van der Waals surface area contributed by atoms with Gasteiger partial charge in [0.05, 0.1) is 17.8 Å². The molecular weight excluding hydrogens is 422 g/mol. The van der Waals surface area contributed by atoms with Gasteiger partial charge in [-0.3, -0.25) is 4.79 Å². The van der Waals surface area contributed by atoms with Gasteiger partial charge in [0.1, 0.15) is 0 Å². The van der Waals surface area contributed by atoms with E-state index in [9.17, 15) is 9.90 Å². The van der Waals surface area contributed by atoms with E-state index < -0.39 is 0 Å². The molecule has 0 aromatic heterocycles. The number of ether oxygens (including phenoxy) is 1. The first kappa shape index (κ1) is 23.1. The quantitative estimate of drug-likeness (QED) is 0.517. The highest BCUT2D eigenvalue weighted by molar-refractivity contribution is 6.02. The second-order valence-electron chi connectivity index (χ2n) is 12.1. The van der Waals surface area contributed by atoms with Crippen molar-refractivity contribution >= 4 is 18.2 Å². The van der Waals surface area contributed by atoms with E-state index in [0.717, 1.165) is 57.1 Å². The summed E-state index contributed by atoms with van der Waals surface area (Å²) in [5.74, 6) is 2.41. The lowest BCUT2D eigenvalue weighted by molar-refractivity contribution is -0.123. The van der Waals surface area contributed by atoms with Crippen LogP contribution in [0.25, 0.3) is 0 Å². The monoisotopic (exact) mass is 461 g/mol. The second-order valence-corrected chi connectivity index (χ2v) is 12.1. The predicted octanol–water partition coefficient (Wildman–Crippen LogP) is 4.60. The molecule has 2 N–H and O–H groups in total. The molecule has 1 spiro atoms. The molecule has 0 aromatic carbocycles. The van der Waals surface area contributed by atoms with E-state index in [1.54, 1.807) is 0 Å². The lowest BCUT2D eigenvalue weighted by Gasteiger charge is -2.48. The predicted molar refractivity (Wildman–Crippen MR) is 128 cm³/mol. The van der Waals surface area contributed by atoms with Gasteiger partial charge in [-0.25, -0.2) is 0 Å². The van der Waals surface area contributed by atoms with Gasteiger partial charge in [0.25, 0.3) is 0 Å². The Labute approximate surface area is 199 Å². The van der Waals surface area contributed by atoms with E-state index in [1.165, 1.54) is 11.1 Å². The van der Waals surface area contributed by atoms with Crippen LogP contribution in [0.3, 0.4) is 0 Å². The molecule has 0 radical (unpaired) electrons. The van der Waals surface area contributed by atoms with Crippen LogP contribution in [0.2, 0.25) is 0 Å². The van der Waals surface area contributed by atoms with Crippen molar-refractivity contribution in [2.24, 2.45) is 35.0 Å². The van der Waals surface area contributed by atoms with Crippen molar-refractivity contribution in [1.29, 1.82) is 0 Å². The molecule has 5 heteroatoms. The molecule has 178 valence electrons. The van der Waals surface area contributed by atoms with Gasteiger partial charge in [0, 0.05) is 23.5 Å². The zero-order valence-electron chi connectivity index (χ0n) is 20.0. The summed E-state index contributed by atoms with van der Waals surface area (Å²) < 4.78 is 6.93. The van der Waals surface area contributed by atoms with Crippen molar-refractivity contribution in [3.05, 3.63) is 22.8 Å². The van der Waals surface area contributed by atoms with E-state index in [4.69, 9.17) is 4.74 Å². The molecule has 2 heterocycles. The Morgan fingerprint density at radius 1 is 1.22 bits per heavy atom. The van der Waals surface area contributed by atoms with Gasteiger partial charge in [0.15, 0.2) is 5.78 Å². The molecule has 10 atom stereocenters. The maximum Gasteiger partial charge on any atom is 0.163 e. The van der Waals surface area contributed by atoms with Crippen molar-refractivity contribution < 1.29 is 14.6 Å². The first-order chi connectivity index (χ1) is 14.8. The van der Waals surface area contributed by atoms with Crippen LogP contribution in [0.4, 0.5) is 0 Å². The van der Waals surface area contributed by atoms with Crippen LogP contribution in [-0.2, 0) is 9.53 Å².